The number of hydrogen-bond donors (Lipinski definition) is 0. The molecule has 0 aliphatic rings. The molecule has 0 bridgehead atoms. The van der Waals surface area contributed by atoms with Gasteiger partial charge in [-0.3, -0.25) is 9.20 Å². The third-order valence-electron chi connectivity index (χ3n) is 2.65. The predicted octanol–water partition coefficient (Wildman–Crippen LogP) is 0.711. The maximum Gasteiger partial charge on any atom is 0.300 e. The summed E-state index contributed by atoms with van der Waals surface area (Å²) in [5.41, 5.74) is 0.959. The fourth-order valence-corrected chi connectivity index (χ4v) is 2.77. The zero-order valence-corrected chi connectivity index (χ0v) is 9.73. The second-order valence-corrected chi connectivity index (χ2v) is 5.79. The minimum atomic E-state index is -3.60. The molecule has 5 nitrogen and oxygen atoms in total. The molecule has 0 spiro atoms. The SMILES string of the molecule is Cc1ccc(S(=O)(=O)c2cn3c(=O)c3n2)cc1. The Balaban J connectivity index is 2.12. The van der Waals surface area contributed by atoms with Gasteiger partial charge in [0, 0.05) is 0 Å². The van der Waals surface area contributed by atoms with Gasteiger partial charge in [-0.2, -0.15) is 0 Å². The van der Waals surface area contributed by atoms with E-state index in [1.54, 1.807) is 12.1 Å². The van der Waals surface area contributed by atoms with Gasteiger partial charge in [0.2, 0.25) is 15.5 Å². The van der Waals surface area contributed by atoms with Crippen molar-refractivity contribution in [2.24, 2.45) is 0 Å². The molecule has 0 unspecified atom stereocenters. The van der Waals surface area contributed by atoms with Crippen LogP contribution in [0.4, 0.5) is 0 Å². The van der Waals surface area contributed by atoms with Crippen LogP contribution in [-0.4, -0.2) is 17.8 Å². The number of imidazole rings is 1. The van der Waals surface area contributed by atoms with Crippen molar-refractivity contribution in [2.45, 2.75) is 16.8 Å². The fraction of sp³-hybridized carbons (Fsp3) is 0.0909. The predicted molar refractivity (Wildman–Crippen MR) is 60.5 cm³/mol. The molecule has 2 heterocycles. The van der Waals surface area contributed by atoms with E-state index in [-0.39, 0.29) is 21.1 Å². The highest BCUT2D eigenvalue weighted by atomic mass is 32.2. The maximum atomic E-state index is 12.1. The first-order chi connectivity index (χ1) is 8.00. The van der Waals surface area contributed by atoms with Crippen LogP contribution < -0.4 is 5.56 Å². The van der Waals surface area contributed by atoms with Crippen molar-refractivity contribution < 1.29 is 8.42 Å². The Bertz CT molecular complexity index is 789. The Morgan fingerprint density at radius 3 is 2.35 bits per heavy atom. The van der Waals surface area contributed by atoms with Crippen LogP contribution in [0.15, 0.2) is 45.2 Å². The van der Waals surface area contributed by atoms with Crippen LogP contribution >= 0.6 is 0 Å². The van der Waals surface area contributed by atoms with Crippen LogP contribution in [0.3, 0.4) is 0 Å². The standard InChI is InChI=1S/C11H8N2O3S/c1-7-2-4-8(5-3-7)17(15,16)9-6-13-10(12-9)11(13)14/h2-6H,1H3. The average molecular weight is 248 g/mol. The zero-order chi connectivity index (χ0) is 12.2. The number of hydrogen-bond acceptors (Lipinski definition) is 4. The van der Waals surface area contributed by atoms with Crippen molar-refractivity contribution in [3.8, 4) is 0 Å². The second-order valence-electron chi connectivity index (χ2n) is 3.89. The summed E-state index contributed by atoms with van der Waals surface area (Å²) in [5.74, 6) is 0. The van der Waals surface area contributed by atoms with E-state index in [0.29, 0.717) is 0 Å². The lowest BCUT2D eigenvalue weighted by molar-refractivity contribution is 0.593. The lowest BCUT2D eigenvalue weighted by Crippen LogP contribution is -2.04. The number of nitrogens with zero attached hydrogens (tertiary/aromatic N) is 2. The highest BCUT2D eigenvalue weighted by Gasteiger charge is 2.26. The van der Waals surface area contributed by atoms with Crippen molar-refractivity contribution in [3.63, 3.8) is 0 Å². The lowest BCUT2D eigenvalue weighted by atomic mass is 10.2. The zero-order valence-electron chi connectivity index (χ0n) is 8.91. The molecule has 0 amide bonds. The maximum absolute atomic E-state index is 12.1. The van der Waals surface area contributed by atoms with Gasteiger partial charge in [0.1, 0.15) is 0 Å². The number of aryl methyl sites for hydroxylation is 1. The van der Waals surface area contributed by atoms with Gasteiger partial charge in [-0.1, -0.05) is 17.7 Å². The third-order valence-corrected chi connectivity index (χ3v) is 4.29. The van der Waals surface area contributed by atoms with Gasteiger partial charge in [0.15, 0.2) is 5.03 Å². The highest BCUT2D eigenvalue weighted by molar-refractivity contribution is 7.91. The minimum Gasteiger partial charge on any atom is -0.265 e. The van der Waals surface area contributed by atoms with Gasteiger partial charge in [-0.05, 0) is 19.1 Å². The van der Waals surface area contributed by atoms with Gasteiger partial charge in [0.25, 0.3) is 5.56 Å². The molecule has 6 heteroatoms. The van der Waals surface area contributed by atoms with E-state index in [4.69, 9.17) is 0 Å². The summed E-state index contributed by atoms with van der Waals surface area (Å²) < 4.78 is 25.4. The van der Waals surface area contributed by atoms with Crippen LogP contribution in [0.25, 0.3) is 5.65 Å². The van der Waals surface area contributed by atoms with E-state index in [0.717, 1.165) is 5.56 Å². The van der Waals surface area contributed by atoms with Crippen LogP contribution in [0.1, 0.15) is 5.56 Å². The first-order valence-electron chi connectivity index (χ1n) is 4.96. The molecule has 0 atom stereocenters. The number of sulfone groups is 1. The first-order valence-corrected chi connectivity index (χ1v) is 6.44. The molecule has 1 aromatic carbocycles. The van der Waals surface area contributed by atoms with E-state index >= 15 is 0 Å². The highest BCUT2D eigenvalue weighted by Crippen LogP contribution is 2.20. The largest absolute Gasteiger partial charge is 0.300 e. The fourth-order valence-electron chi connectivity index (χ4n) is 1.59. The Labute approximate surface area is 96.9 Å². The van der Waals surface area contributed by atoms with E-state index in [1.807, 2.05) is 6.92 Å². The Morgan fingerprint density at radius 1 is 1.18 bits per heavy atom. The molecule has 0 aliphatic carbocycles. The quantitative estimate of drug-likeness (QED) is 0.669. The molecule has 0 saturated carbocycles. The number of fused-ring (bicyclic) bond motifs is 1. The molecule has 17 heavy (non-hydrogen) atoms. The average Bonchev–Trinajstić information content (AvgIpc) is 2.76. The molecule has 0 N–H and O–H groups in total. The van der Waals surface area contributed by atoms with Crippen molar-refractivity contribution in [1.29, 1.82) is 0 Å². The summed E-state index contributed by atoms with van der Waals surface area (Å²) in [6, 6.07) is 6.52. The first kappa shape index (κ1) is 10.2. The van der Waals surface area contributed by atoms with E-state index in [2.05, 4.69) is 4.98 Å². The summed E-state index contributed by atoms with van der Waals surface area (Å²) in [5, 5.41) is -0.0732. The van der Waals surface area contributed by atoms with Crippen molar-refractivity contribution in [1.82, 2.24) is 9.38 Å². The molecular weight excluding hydrogens is 240 g/mol. The molecule has 0 aliphatic heterocycles. The third kappa shape index (κ3) is 1.41. The van der Waals surface area contributed by atoms with Crippen LogP contribution in [-0.2, 0) is 9.84 Å². The van der Waals surface area contributed by atoms with Crippen molar-refractivity contribution in [2.75, 3.05) is 0 Å². The molecule has 0 saturated heterocycles. The lowest BCUT2D eigenvalue weighted by Gasteiger charge is -2.01. The number of aromatic nitrogens is 2. The molecule has 2 aromatic heterocycles. The normalized spacial score (nSPS) is 12.5. The molecular formula is C11H8N2O3S. The second kappa shape index (κ2) is 3.04. The monoisotopic (exact) mass is 248 g/mol. The summed E-state index contributed by atoms with van der Waals surface area (Å²) >= 11 is 0. The minimum absolute atomic E-state index is 0.0732. The van der Waals surface area contributed by atoms with E-state index in [9.17, 15) is 13.2 Å². The van der Waals surface area contributed by atoms with E-state index < -0.39 is 9.84 Å². The molecule has 0 radical (unpaired) electrons. The summed E-state index contributed by atoms with van der Waals surface area (Å²) in [4.78, 5) is 14.9. The van der Waals surface area contributed by atoms with Gasteiger partial charge >= 0.3 is 0 Å². The van der Waals surface area contributed by atoms with Crippen LogP contribution in [0.2, 0.25) is 0 Å². The Kier molecular flexibility index (Phi) is 1.83. The molecule has 3 aromatic rings. The number of rotatable bonds is 2. The molecule has 3 rings (SSSR count). The Morgan fingerprint density at radius 2 is 1.82 bits per heavy atom. The van der Waals surface area contributed by atoms with Crippen LogP contribution in [0.5, 0.6) is 0 Å². The molecule has 0 fully saturated rings. The van der Waals surface area contributed by atoms with E-state index in [1.165, 1.54) is 22.7 Å². The van der Waals surface area contributed by atoms with Gasteiger partial charge in [-0.25, -0.2) is 13.4 Å². The summed E-state index contributed by atoms with van der Waals surface area (Å²) in [6.45, 7) is 1.88. The van der Waals surface area contributed by atoms with Crippen molar-refractivity contribution in [3.05, 3.63) is 46.4 Å². The van der Waals surface area contributed by atoms with Crippen molar-refractivity contribution >= 4 is 15.5 Å². The topological polar surface area (TPSA) is 68.5 Å². The summed E-state index contributed by atoms with van der Waals surface area (Å²) in [6.07, 6.45) is 1.26. The smallest absolute Gasteiger partial charge is 0.265 e. The summed E-state index contributed by atoms with van der Waals surface area (Å²) in [7, 11) is -3.60. The van der Waals surface area contributed by atoms with Gasteiger partial charge in [0.05, 0.1) is 11.1 Å². The van der Waals surface area contributed by atoms with Crippen LogP contribution in [0, 0.1) is 6.92 Å². The Hall–Kier alpha value is -1.95. The molecule has 86 valence electrons. The van der Waals surface area contributed by atoms with Gasteiger partial charge < -0.3 is 0 Å². The number of benzene rings is 1. The van der Waals surface area contributed by atoms with Gasteiger partial charge in [-0.15, -0.1) is 0 Å².